The fourth-order valence-electron chi connectivity index (χ4n) is 2.77. The van der Waals surface area contributed by atoms with Crippen molar-refractivity contribution < 1.29 is 4.79 Å². The molecule has 1 fully saturated rings. The number of aromatic nitrogens is 1. The molecule has 0 saturated carbocycles. The van der Waals surface area contributed by atoms with Crippen molar-refractivity contribution >= 4 is 57.1 Å². The maximum Gasteiger partial charge on any atom is 0.264 e. The number of carbonyl (C=O) groups is 1. The van der Waals surface area contributed by atoms with Gasteiger partial charge in [-0.25, -0.2) is 4.99 Å². The van der Waals surface area contributed by atoms with Crippen molar-refractivity contribution in [2.75, 3.05) is 0 Å². The molecule has 1 saturated heterocycles. The number of thioether (sulfide) groups is 1. The number of aryl methyl sites for hydroxylation is 1. The van der Waals surface area contributed by atoms with E-state index in [-0.39, 0.29) is 5.91 Å². The lowest BCUT2D eigenvalue weighted by atomic mass is 10.1. The maximum atomic E-state index is 12.3. The molecule has 25 heavy (non-hydrogen) atoms. The average molecular weight is 368 g/mol. The van der Waals surface area contributed by atoms with Crippen LogP contribution in [0.25, 0.3) is 17.0 Å². The van der Waals surface area contributed by atoms with Crippen LogP contribution in [0.5, 0.6) is 0 Å². The summed E-state index contributed by atoms with van der Waals surface area (Å²) in [6.45, 7) is 0. The molecular weight excluding hydrogens is 354 g/mol. The number of fused-ring (bicyclic) bond motifs is 1. The summed E-state index contributed by atoms with van der Waals surface area (Å²) in [4.78, 5) is 17.3. The van der Waals surface area contributed by atoms with E-state index in [0.29, 0.717) is 20.8 Å². The molecule has 2 heterocycles. The highest BCUT2D eigenvalue weighted by molar-refractivity contribution is 8.18. The number of nitrogens with one attached hydrogen (secondary N) is 1. The lowest BCUT2D eigenvalue weighted by Gasteiger charge is -1.96. The molecule has 4 rings (SSSR count). The van der Waals surface area contributed by atoms with Crippen molar-refractivity contribution in [3.8, 4) is 0 Å². The summed E-state index contributed by atoms with van der Waals surface area (Å²) in [6, 6.07) is 15.3. The molecule has 0 bridgehead atoms. The predicted molar refractivity (Wildman–Crippen MR) is 105 cm³/mol. The highest BCUT2D eigenvalue weighted by Gasteiger charge is 2.24. The Kier molecular flexibility index (Phi) is 4.11. The third-order valence-electron chi connectivity index (χ3n) is 3.90. The van der Waals surface area contributed by atoms with Gasteiger partial charge in [0.05, 0.1) is 10.6 Å². The number of aliphatic imine (C=N–C) groups is 1. The van der Waals surface area contributed by atoms with E-state index in [4.69, 9.17) is 11.6 Å². The average Bonchev–Trinajstić information content (AvgIpc) is 3.09. The Hall–Kier alpha value is -2.50. The maximum absolute atomic E-state index is 12.3. The molecule has 0 radical (unpaired) electrons. The summed E-state index contributed by atoms with van der Waals surface area (Å²) in [5.41, 5.74) is 2.85. The van der Waals surface area contributed by atoms with Gasteiger partial charge in [0, 0.05) is 34.7 Å². The molecule has 0 unspecified atom stereocenters. The molecule has 1 amide bonds. The number of halogens is 1. The molecule has 124 valence electrons. The van der Waals surface area contributed by atoms with Crippen LogP contribution in [0.1, 0.15) is 5.56 Å². The summed E-state index contributed by atoms with van der Waals surface area (Å²) in [5, 5.41) is 5.09. The van der Waals surface area contributed by atoms with Gasteiger partial charge >= 0.3 is 0 Å². The number of carbonyl (C=O) groups excluding carboxylic acids is 1. The van der Waals surface area contributed by atoms with E-state index in [1.165, 1.54) is 11.8 Å². The van der Waals surface area contributed by atoms with Gasteiger partial charge in [-0.2, -0.15) is 0 Å². The third kappa shape index (κ3) is 3.21. The van der Waals surface area contributed by atoms with Gasteiger partial charge in [-0.15, -0.1) is 0 Å². The zero-order chi connectivity index (χ0) is 17.4. The van der Waals surface area contributed by atoms with Crippen LogP contribution in [0, 0.1) is 0 Å². The highest BCUT2D eigenvalue weighted by atomic mass is 35.5. The van der Waals surface area contributed by atoms with Gasteiger partial charge in [-0.3, -0.25) is 4.79 Å². The molecule has 4 nitrogen and oxygen atoms in total. The minimum absolute atomic E-state index is 0.140. The summed E-state index contributed by atoms with van der Waals surface area (Å²) in [7, 11) is 2.00. The highest BCUT2D eigenvalue weighted by Crippen LogP contribution is 2.31. The fourth-order valence-corrected chi connectivity index (χ4v) is 3.79. The third-order valence-corrected chi connectivity index (χ3v) is 5.05. The number of hydrogen-bond acceptors (Lipinski definition) is 3. The molecule has 1 aliphatic heterocycles. The lowest BCUT2D eigenvalue weighted by molar-refractivity contribution is -0.115. The van der Waals surface area contributed by atoms with Gasteiger partial charge < -0.3 is 9.88 Å². The van der Waals surface area contributed by atoms with Crippen LogP contribution in [0.4, 0.5) is 5.69 Å². The Morgan fingerprint density at radius 3 is 2.88 bits per heavy atom. The zero-order valence-corrected chi connectivity index (χ0v) is 14.9. The molecule has 0 spiro atoms. The van der Waals surface area contributed by atoms with Gasteiger partial charge in [0.15, 0.2) is 5.17 Å². The first kappa shape index (κ1) is 16.0. The van der Waals surface area contributed by atoms with Gasteiger partial charge in [0.25, 0.3) is 5.91 Å². The Morgan fingerprint density at radius 1 is 1.20 bits per heavy atom. The van der Waals surface area contributed by atoms with Crippen molar-refractivity contribution in [2.24, 2.45) is 12.0 Å². The van der Waals surface area contributed by atoms with E-state index in [9.17, 15) is 4.79 Å². The Bertz CT molecular complexity index is 1050. The van der Waals surface area contributed by atoms with Gasteiger partial charge in [-0.05, 0) is 42.1 Å². The summed E-state index contributed by atoms with van der Waals surface area (Å²) >= 11 is 7.31. The van der Waals surface area contributed by atoms with Crippen molar-refractivity contribution in [1.82, 2.24) is 9.88 Å². The lowest BCUT2D eigenvalue weighted by Crippen LogP contribution is -2.19. The van der Waals surface area contributed by atoms with Crippen LogP contribution < -0.4 is 5.32 Å². The monoisotopic (exact) mass is 367 g/mol. The smallest absolute Gasteiger partial charge is 0.264 e. The molecule has 0 aliphatic carbocycles. The number of rotatable bonds is 2. The number of amidine groups is 1. The van der Waals surface area contributed by atoms with Crippen LogP contribution >= 0.6 is 23.4 Å². The molecule has 1 N–H and O–H groups in total. The van der Waals surface area contributed by atoms with Crippen molar-refractivity contribution in [3.05, 3.63) is 70.2 Å². The minimum atomic E-state index is -0.140. The molecular formula is C19H14ClN3OS. The van der Waals surface area contributed by atoms with Crippen LogP contribution in [-0.4, -0.2) is 15.6 Å². The van der Waals surface area contributed by atoms with E-state index in [1.807, 2.05) is 43.6 Å². The van der Waals surface area contributed by atoms with E-state index in [2.05, 4.69) is 27.0 Å². The SMILES string of the molecule is Cn1cc(/C=C2/SC(=Nc3cccc(Cl)c3)NC2=O)c2ccccc21. The van der Waals surface area contributed by atoms with Gasteiger partial charge in [0.1, 0.15) is 0 Å². The molecule has 0 atom stereocenters. The number of para-hydroxylation sites is 1. The molecule has 1 aliphatic rings. The van der Waals surface area contributed by atoms with E-state index < -0.39 is 0 Å². The second-order valence-corrected chi connectivity index (χ2v) is 7.14. The number of benzene rings is 2. The van der Waals surface area contributed by atoms with Crippen LogP contribution in [-0.2, 0) is 11.8 Å². The normalized spacial score (nSPS) is 17.6. The Labute approximate surface area is 154 Å². The molecule has 1 aromatic heterocycles. The summed E-state index contributed by atoms with van der Waals surface area (Å²) in [5.74, 6) is -0.140. The van der Waals surface area contributed by atoms with E-state index in [1.54, 1.807) is 12.1 Å². The van der Waals surface area contributed by atoms with Crippen LogP contribution in [0.3, 0.4) is 0 Å². The standard InChI is InChI=1S/C19H14ClN3OS/c1-23-11-12(15-7-2-3-8-16(15)23)9-17-18(24)22-19(25-17)21-14-6-4-5-13(20)10-14/h2-11H,1H3,(H,21,22,24)/b17-9+. The van der Waals surface area contributed by atoms with Crippen molar-refractivity contribution in [2.45, 2.75) is 0 Å². The minimum Gasteiger partial charge on any atom is -0.350 e. The van der Waals surface area contributed by atoms with Crippen molar-refractivity contribution in [1.29, 1.82) is 0 Å². The van der Waals surface area contributed by atoms with Crippen LogP contribution in [0.2, 0.25) is 5.02 Å². The first-order valence-corrected chi connectivity index (χ1v) is 8.89. The Morgan fingerprint density at radius 2 is 2.04 bits per heavy atom. The quantitative estimate of drug-likeness (QED) is 0.666. The predicted octanol–water partition coefficient (Wildman–Crippen LogP) is 4.72. The number of hydrogen-bond donors (Lipinski definition) is 1. The molecule has 6 heteroatoms. The number of amides is 1. The first-order chi connectivity index (χ1) is 12.1. The van der Waals surface area contributed by atoms with Crippen molar-refractivity contribution in [3.63, 3.8) is 0 Å². The van der Waals surface area contributed by atoms with Gasteiger partial charge in [-0.1, -0.05) is 35.9 Å². The zero-order valence-electron chi connectivity index (χ0n) is 13.4. The second-order valence-electron chi connectivity index (χ2n) is 5.67. The van der Waals surface area contributed by atoms with Crippen LogP contribution in [0.15, 0.2) is 64.6 Å². The van der Waals surface area contributed by atoms with E-state index >= 15 is 0 Å². The Balaban J connectivity index is 1.67. The largest absolute Gasteiger partial charge is 0.350 e. The summed E-state index contributed by atoms with van der Waals surface area (Å²) < 4.78 is 2.06. The molecule has 3 aromatic rings. The fraction of sp³-hybridized carbons (Fsp3) is 0.0526. The van der Waals surface area contributed by atoms with Gasteiger partial charge in [0.2, 0.25) is 0 Å². The first-order valence-electron chi connectivity index (χ1n) is 7.69. The topological polar surface area (TPSA) is 46.4 Å². The summed E-state index contributed by atoms with van der Waals surface area (Å²) in [6.07, 6.45) is 3.93. The molecule has 2 aromatic carbocycles. The van der Waals surface area contributed by atoms with E-state index in [0.717, 1.165) is 16.5 Å². The number of nitrogens with zero attached hydrogens (tertiary/aromatic N) is 2. The second kappa shape index (κ2) is 6.43.